The second kappa shape index (κ2) is 4.24. The second-order valence-electron chi connectivity index (χ2n) is 5.34. The lowest BCUT2D eigenvalue weighted by Gasteiger charge is -2.22. The van der Waals surface area contributed by atoms with Crippen LogP contribution in [0.3, 0.4) is 0 Å². The number of rotatable bonds is 1. The highest BCUT2D eigenvalue weighted by Crippen LogP contribution is 2.30. The molecule has 80 valence electrons. The summed E-state index contributed by atoms with van der Waals surface area (Å²) in [5, 5.41) is 0. The molecule has 0 aromatic carbocycles. The van der Waals surface area contributed by atoms with Crippen molar-refractivity contribution in [3.63, 3.8) is 0 Å². The van der Waals surface area contributed by atoms with E-state index in [2.05, 4.69) is 20.8 Å². The van der Waals surface area contributed by atoms with Gasteiger partial charge in [-0.05, 0) is 24.2 Å². The Bertz CT molecular complexity index is 213. The van der Waals surface area contributed by atoms with Crippen LogP contribution in [0.2, 0.25) is 0 Å². The Morgan fingerprint density at radius 1 is 1.57 bits per heavy atom. The molecule has 1 heterocycles. The summed E-state index contributed by atoms with van der Waals surface area (Å²) in [7, 11) is 1.44. The standard InChI is InChI=1S/C10H20BNO2/c1-10(2,3)6-8-4-5-12(7-8)9(13)14-11/h8H,4-7,11H2,1-3H3. The zero-order valence-electron chi connectivity index (χ0n) is 9.67. The van der Waals surface area contributed by atoms with Crippen molar-refractivity contribution in [3.8, 4) is 0 Å². The van der Waals surface area contributed by atoms with Gasteiger partial charge >= 0.3 is 14.1 Å². The Hall–Kier alpha value is -0.665. The summed E-state index contributed by atoms with van der Waals surface area (Å²) >= 11 is 0. The maximum Gasteiger partial charge on any atom is 0.391 e. The van der Waals surface area contributed by atoms with E-state index in [0.29, 0.717) is 11.3 Å². The Morgan fingerprint density at radius 3 is 2.71 bits per heavy atom. The lowest BCUT2D eigenvalue weighted by Crippen LogP contribution is -2.29. The molecule has 0 saturated carbocycles. The number of carbonyl (C=O) groups excluding carboxylic acids is 1. The van der Waals surface area contributed by atoms with Gasteiger partial charge in [-0.15, -0.1) is 0 Å². The molecule has 1 unspecified atom stereocenters. The van der Waals surface area contributed by atoms with E-state index in [1.54, 1.807) is 4.90 Å². The van der Waals surface area contributed by atoms with Gasteiger partial charge in [0.25, 0.3) is 0 Å². The van der Waals surface area contributed by atoms with Crippen molar-refractivity contribution in [3.05, 3.63) is 0 Å². The van der Waals surface area contributed by atoms with Crippen LogP contribution in [0.15, 0.2) is 0 Å². The van der Waals surface area contributed by atoms with Gasteiger partial charge in [0, 0.05) is 13.1 Å². The first kappa shape index (κ1) is 11.4. The van der Waals surface area contributed by atoms with E-state index in [4.69, 9.17) is 4.65 Å². The fourth-order valence-electron chi connectivity index (χ4n) is 2.16. The van der Waals surface area contributed by atoms with Gasteiger partial charge in [0.15, 0.2) is 0 Å². The van der Waals surface area contributed by atoms with Crippen LogP contribution in [0.1, 0.15) is 33.6 Å². The van der Waals surface area contributed by atoms with Gasteiger partial charge in [0.05, 0.1) is 0 Å². The molecule has 1 rings (SSSR count). The first-order valence-corrected chi connectivity index (χ1v) is 5.25. The van der Waals surface area contributed by atoms with Crippen LogP contribution in [-0.2, 0) is 4.65 Å². The average molecular weight is 197 g/mol. The minimum Gasteiger partial charge on any atom is -0.528 e. The van der Waals surface area contributed by atoms with Gasteiger partial charge in [-0.2, -0.15) is 0 Å². The van der Waals surface area contributed by atoms with E-state index >= 15 is 0 Å². The number of amides is 1. The van der Waals surface area contributed by atoms with E-state index in [1.807, 2.05) is 0 Å². The molecule has 1 aliphatic heterocycles. The number of carbonyl (C=O) groups is 1. The highest BCUT2D eigenvalue weighted by Gasteiger charge is 2.29. The van der Waals surface area contributed by atoms with Crippen molar-refractivity contribution in [2.45, 2.75) is 33.6 Å². The molecule has 1 saturated heterocycles. The fourth-order valence-corrected chi connectivity index (χ4v) is 2.16. The SMILES string of the molecule is BOC(=O)N1CCC(CC(C)(C)C)C1. The number of nitrogens with zero attached hydrogens (tertiary/aromatic N) is 1. The van der Waals surface area contributed by atoms with Crippen molar-refractivity contribution < 1.29 is 9.45 Å². The number of hydrogen-bond acceptors (Lipinski definition) is 2. The molecule has 1 aliphatic rings. The molecule has 0 aromatic heterocycles. The first-order chi connectivity index (χ1) is 6.42. The molecule has 0 spiro atoms. The monoisotopic (exact) mass is 197 g/mol. The molecule has 0 bridgehead atoms. The van der Waals surface area contributed by atoms with E-state index < -0.39 is 0 Å². The molecule has 4 heteroatoms. The van der Waals surface area contributed by atoms with Gasteiger partial charge in [-0.3, -0.25) is 0 Å². The molecule has 1 atom stereocenters. The smallest absolute Gasteiger partial charge is 0.391 e. The summed E-state index contributed by atoms with van der Waals surface area (Å²) in [6.07, 6.45) is 2.12. The quantitative estimate of drug-likeness (QED) is 0.595. The van der Waals surface area contributed by atoms with Crippen molar-refractivity contribution >= 4 is 14.1 Å². The van der Waals surface area contributed by atoms with Crippen molar-refractivity contribution in [1.29, 1.82) is 0 Å². The van der Waals surface area contributed by atoms with Crippen molar-refractivity contribution in [2.75, 3.05) is 13.1 Å². The number of likely N-dealkylation sites (tertiary alicyclic amines) is 1. The third kappa shape index (κ3) is 3.24. The van der Waals surface area contributed by atoms with Crippen molar-refractivity contribution in [1.82, 2.24) is 4.90 Å². The van der Waals surface area contributed by atoms with Crippen molar-refractivity contribution in [2.24, 2.45) is 11.3 Å². The topological polar surface area (TPSA) is 29.5 Å². The second-order valence-corrected chi connectivity index (χ2v) is 5.34. The highest BCUT2D eigenvalue weighted by atomic mass is 16.5. The molecule has 0 N–H and O–H groups in total. The molecule has 1 fully saturated rings. The van der Waals surface area contributed by atoms with Gasteiger partial charge in [-0.25, -0.2) is 4.79 Å². The lowest BCUT2D eigenvalue weighted by molar-refractivity contribution is 0.163. The minimum absolute atomic E-state index is 0.179. The predicted molar refractivity (Wildman–Crippen MR) is 58.8 cm³/mol. The molecule has 1 amide bonds. The summed E-state index contributed by atoms with van der Waals surface area (Å²) in [5.41, 5.74) is 0.358. The molecule has 0 aliphatic carbocycles. The van der Waals surface area contributed by atoms with E-state index in [9.17, 15) is 4.79 Å². The number of hydrogen-bond donors (Lipinski definition) is 0. The third-order valence-electron chi connectivity index (χ3n) is 2.62. The molecule has 14 heavy (non-hydrogen) atoms. The van der Waals surface area contributed by atoms with Crippen LogP contribution in [0, 0.1) is 11.3 Å². The Balaban J connectivity index is 2.38. The maximum absolute atomic E-state index is 11.2. The van der Waals surface area contributed by atoms with Gasteiger partial charge < -0.3 is 9.55 Å². The van der Waals surface area contributed by atoms with Crippen LogP contribution in [0.25, 0.3) is 0 Å². The van der Waals surface area contributed by atoms with E-state index in [-0.39, 0.29) is 6.09 Å². The maximum atomic E-state index is 11.2. The van der Waals surface area contributed by atoms with Gasteiger partial charge in [-0.1, -0.05) is 20.8 Å². The highest BCUT2D eigenvalue weighted by molar-refractivity contribution is 6.05. The summed E-state index contributed by atoms with van der Waals surface area (Å²) < 4.78 is 4.70. The Kier molecular flexibility index (Phi) is 3.45. The van der Waals surface area contributed by atoms with Gasteiger partial charge in [0.2, 0.25) is 0 Å². The first-order valence-electron chi connectivity index (χ1n) is 5.25. The summed E-state index contributed by atoms with van der Waals surface area (Å²) in [6.45, 7) is 8.45. The Morgan fingerprint density at radius 2 is 2.21 bits per heavy atom. The summed E-state index contributed by atoms with van der Waals surface area (Å²) in [4.78, 5) is 13.0. The molecule has 0 radical (unpaired) electrons. The predicted octanol–water partition coefficient (Wildman–Crippen LogP) is 1.43. The summed E-state index contributed by atoms with van der Waals surface area (Å²) in [6, 6.07) is 0. The van der Waals surface area contributed by atoms with E-state index in [1.165, 1.54) is 14.5 Å². The summed E-state index contributed by atoms with van der Waals surface area (Å²) in [5.74, 6) is 0.647. The fraction of sp³-hybridized carbons (Fsp3) is 0.900. The largest absolute Gasteiger partial charge is 0.528 e. The third-order valence-corrected chi connectivity index (χ3v) is 2.62. The van der Waals surface area contributed by atoms with Crippen LogP contribution < -0.4 is 0 Å². The van der Waals surface area contributed by atoms with Crippen LogP contribution in [0.4, 0.5) is 4.79 Å². The normalized spacial score (nSPS) is 22.5. The average Bonchev–Trinajstić information content (AvgIpc) is 2.48. The van der Waals surface area contributed by atoms with Crippen LogP contribution >= 0.6 is 0 Å². The molecule has 3 nitrogen and oxygen atoms in total. The zero-order valence-corrected chi connectivity index (χ0v) is 9.67. The van der Waals surface area contributed by atoms with Crippen LogP contribution in [-0.4, -0.2) is 32.1 Å². The molecular weight excluding hydrogens is 177 g/mol. The lowest BCUT2D eigenvalue weighted by atomic mass is 9.84. The molecular formula is C10H20BNO2. The Labute approximate surface area is 87.2 Å². The van der Waals surface area contributed by atoms with Crippen LogP contribution in [0.5, 0.6) is 0 Å². The molecule has 0 aromatic rings. The van der Waals surface area contributed by atoms with E-state index in [0.717, 1.165) is 19.5 Å². The minimum atomic E-state index is -0.179. The zero-order chi connectivity index (χ0) is 10.8. The van der Waals surface area contributed by atoms with Gasteiger partial charge in [0.1, 0.15) is 0 Å².